The van der Waals surface area contributed by atoms with E-state index >= 15 is 0 Å². The molecule has 1 aliphatic rings. The number of likely N-dealkylation sites (tertiary alicyclic amines) is 1. The van der Waals surface area contributed by atoms with E-state index in [0.29, 0.717) is 6.54 Å². The first-order valence-corrected chi connectivity index (χ1v) is 8.87. The number of aromatic nitrogens is 4. The number of piperidine rings is 1. The van der Waals surface area contributed by atoms with Gasteiger partial charge in [0.2, 0.25) is 5.91 Å². The van der Waals surface area contributed by atoms with Crippen molar-refractivity contribution in [2.75, 3.05) is 18.4 Å². The van der Waals surface area contributed by atoms with Gasteiger partial charge >= 0.3 is 0 Å². The Bertz CT molecular complexity index is 950. The average Bonchev–Trinajstić information content (AvgIpc) is 3.03. The number of nitrogens with one attached hydrogen (secondary N) is 1. The fourth-order valence-electron chi connectivity index (χ4n) is 3.45. The lowest BCUT2D eigenvalue weighted by molar-refractivity contribution is -0.129. The van der Waals surface area contributed by atoms with E-state index in [4.69, 9.17) is 4.98 Å². The van der Waals surface area contributed by atoms with Gasteiger partial charge in [0.25, 0.3) is 0 Å². The van der Waals surface area contributed by atoms with E-state index in [2.05, 4.69) is 15.3 Å². The van der Waals surface area contributed by atoms with Crippen LogP contribution in [0.15, 0.2) is 36.8 Å². The Hall–Kier alpha value is -2.96. The minimum absolute atomic E-state index is 0.123. The van der Waals surface area contributed by atoms with Gasteiger partial charge in [-0.15, -0.1) is 0 Å². The molecule has 0 aromatic carbocycles. The van der Waals surface area contributed by atoms with Crippen molar-refractivity contribution in [3.8, 4) is 11.3 Å². The topological polar surface area (TPSA) is 75.9 Å². The zero-order valence-corrected chi connectivity index (χ0v) is 15.0. The van der Waals surface area contributed by atoms with Crippen LogP contribution in [-0.2, 0) is 11.8 Å². The summed E-state index contributed by atoms with van der Waals surface area (Å²) in [6.07, 6.45) is 7.52. The highest BCUT2D eigenvalue weighted by Gasteiger charge is 2.22. The lowest BCUT2D eigenvalue weighted by Crippen LogP contribution is -2.44. The van der Waals surface area contributed by atoms with E-state index in [1.807, 2.05) is 40.9 Å². The van der Waals surface area contributed by atoms with Gasteiger partial charge in [-0.05, 0) is 31.0 Å². The monoisotopic (exact) mass is 350 g/mol. The van der Waals surface area contributed by atoms with Crippen LogP contribution in [0.5, 0.6) is 0 Å². The summed E-state index contributed by atoms with van der Waals surface area (Å²) in [7, 11) is 1.96. The maximum Gasteiger partial charge on any atom is 0.219 e. The van der Waals surface area contributed by atoms with Crippen molar-refractivity contribution in [3.63, 3.8) is 0 Å². The predicted molar refractivity (Wildman–Crippen MR) is 101 cm³/mol. The molecule has 26 heavy (non-hydrogen) atoms. The van der Waals surface area contributed by atoms with Gasteiger partial charge < -0.3 is 14.8 Å². The van der Waals surface area contributed by atoms with Gasteiger partial charge in [0, 0.05) is 51.1 Å². The van der Waals surface area contributed by atoms with Crippen LogP contribution >= 0.6 is 0 Å². The molecule has 7 heteroatoms. The molecule has 1 amide bonds. The number of fused-ring (bicyclic) bond motifs is 1. The van der Waals surface area contributed by atoms with Crippen LogP contribution in [0.3, 0.4) is 0 Å². The molecule has 0 spiro atoms. The number of pyridine rings is 1. The number of aryl methyl sites for hydroxylation is 1. The third kappa shape index (κ3) is 3.12. The molecule has 0 bridgehead atoms. The Balaban J connectivity index is 1.64. The second-order valence-electron chi connectivity index (χ2n) is 6.74. The third-order valence-electron chi connectivity index (χ3n) is 4.86. The first kappa shape index (κ1) is 16.5. The van der Waals surface area contributed by atoms with Crippen molar-refractivity contribution in [1.29, 1.82) is 0 Å². The molecule has 3 aromatic heterocycles. The Morgan fingerprint density at radius 3 is 3.04 bits per heavy atom. The maximum atomic E-state index is 11.7. The Morgan fingerprint density at radius 2 is 2.19 bits per heavy atom. The molecule has 1 aliphatic heterocycles. The lowest BCUT2D eigenvalue weighted by Gasteiger charge is -2.33. The fraction of sp³-hybridized carbons (Fsp3) is 0.368. The summed E-state index contributed by atoms with van der Waals surface area (Å²) < 4.78 is 1.96. The first-order chi connectivity index (χ1) is 12.6. The number of nitrogens with zero attached hydrogens (tertiary/aromatic N) is 5. The molecule has 1 saturated heterocycles. The SMILES string of the molecule is CC(=O)N1CCCC(Nc2ncccc2-c2cnc3ccn(C)c3n2)C1. The van der Waals surface area contributed by atoms with Gasteiger partial charge in [-0.2, -0.15) is 0 Å². The summed E-state index contributed by atoms with van der Waals surface area (Å²) in [5, 5.41) is 3.51. The highest BCUT2D eigenvalue weighted by molar-refractivity contribution is 5.78. The molecule has 1 atom stereocenters. The summed E-state index contributed by atoms with van der Waals surface area (Å²) in [4.78, 5) is 27.4. The number of anilines is 1. The number of carbonyl (C=O) groups is 1. The van der Waals surface area contributed by atoms with Crippen molar-refractivity contribution in [1.82, 2.24) is 24.4 Å². The lowest BCUT2D eigenvalue weighted by atomic mass is 10.0. The summed E-state index contributed by atoms with van der Waals surface area (Å²) >= 11 is 0. The van der Waals surface area contributed by atoms with Gasteiger partial charge in [0.15, 0.2) is 5.65 Å². The van der Waals surface area contributed by atoms with Crippen LogP contribution in [0.1, 0.15) is 19.8 Å². The Labute approximate surface area is 152 Å². The molecule has 3 aromatic rings. The summed E-state index contributed by atoms with van der Waals surface area (Å²) in [6.45, 7) is 3.16. The van der Waals surface area contributed by atoms with E-state index in [0.717, 1.165) is 47.6 Å². The molecule has 1 N–H and O–H groups in total. The van der Waals surface area contributed by atoms with Gasteiger partial charge in [0.1, 0.15) is 11.3 Å². The van der Waals surface area contributed by atoms with E-state index in [9.17, 15) is 4.79 Å². The van der Waals surface area contributed by atoms with Crippen LogP contribution in [0.4, 0.5) is 5.82 Å². The normalized spacial score (nSPS) is 17.5. The minimum atomic E-state index is 0.123. The first-order valence-electron chi connectivity index (χ1n) is 8.87. The smallest absolute Gasteiger partial charge is 0.219 e. The van der Waals surface area contributed by atoms with Crippen molar-refractivity contribution < 1.29 is 4.79 Å². The van der Waals surface area contributed by atoms with Gasteiger partial charge in [-0.25, -0.2) is 9.97 Å². The van der Waals surface area contributed by atoms with Gasteiger partial charge in [0.05, 0.1) is 11.9 Å². The second kappa shape index (κ2) is 6.74. The summed E-state index contributed by atoms with van der Waals surface area (Å²) in [6, 6.07) is 6.04. The fourth-order valence-corrected chi connectivity index (χ4v) is 3.45. The number of amides is 1. The van der Waals surface area contributed by atoms with E-state index in [1.54, 1.807) is 19.3 Å². The summed E-state index contributed by atoms with van der Waals surface area (Å²) in [5.41, 5.74) is 3.42. The molecule has 1 unspecified atom stereocenters. The minimum Gasteiger partial charge on any atom is -0.365 e. The molecule has 4 rings (SSSR count). The molecular formula is C19H22N6O. The molecular weight excluding hydrogens is 328 g/mol. The molecule has 4 heterocycles. The van der Waals surface area contributed by atoms with Crippen LogP contribution in [0.2, 0.25) is 0 Å². The van der Waals surface area contributed by atoms with Gasteiger partial charge in [-0.3, -0.25) is 9.78 Å². The quantitative estimate of drug-likeness (QED) is 0.785. The van der Waals surface area contributed by atoms with Crippen molar-refractivity contribution in [3.05, 3.63) is 36.8 Å². The highest BCUT2D eigenvalue weighted by atomic mass is 16.2. The van der Waals surface area contributed by atoms with Crippen LogP contribution < -0.4 is 5.32 Å². The Kier molecular flexibility index (Phi) is 4.28. The van der Waals surface area contributed by atoms with E-state index in [1.165, 1.54) is 0 Å². The number of hydrogen-bond donors (Lipinski definition) is 1. The number of rotatable bonds is 3. The molecule has 0 radical (unpaired) electrons. The second-order valence-corrected chi connectivity index (χ2v) is 6.74. The van der Waals surface area contributed by atoms with Crippen LogP contribution in [0, 0.1) is 0 Å². The predicted octanol–water partition coefficient (Wildman–Crippen LogP) is 2.45. The van der Waals surface area contributed by atoms with Crippen LogP contribution in [0.25, 0.3) is 22.4 Å². The van der Waals surface area contributed by atoms with E-state index < -0.39 is 0 Å². The third-order valence-corrected chi connectivity index (χ3v) is 4.86. The molecule has 134 valence electrons. The van der Waals surface area contributed by atoms with Crippen LogP contribution in [-0.4, -0.2) is 49.5 Å². The van der Waals surface area contributed by atoms with Crippen molar-refractivity contribution >= 4 is 22.9 Å². The van der Waals surface area contributed by atoms with Crippen molar-refractivity contribution in [2.24, 2.45) is 7.05 Å². The highest BCUT2D eigenvalue weighted by Crippen LogP contribution is 2.27. The van der Waals surface area contributed by atoms with E-state index in [-0.39, 0.29) is 11.9 Å². The van der Waals surface area contributed by atoms with Gasteiger partial charge in [-0.1, -0.05) is 0 Å². The summed E-state index contributed by atoms with van der Waals surface area (Å²) in [5.74, 6) is 0.906. The number of carbonyl (C=O) groups excluding carboxylic acids is 1. The Morgan fingerprint density at radius 1 is 1.31 bits per heavy atom. The average molecular weight is 350 g/mol. The number of hydrogen-bond acceptors (Lipinski definition) is 5. The molecule has 0 aliphatic carbocycles. The van der Waals surface area contributed by atoms with Crippen molar-refractivity contribution in [2.45, 2.75) is 25.8 Å². The largest absolute Gasteiger partial charge is 0.365 e. The molecule has 0 saturated carbocycles. The molecule has 1 fully saturated rings. The standard InChI is InChI=1S/C19H22N6O/c1-13(26)25-9-4-5-14(12-25)22-18-15(6-3-8-20-18)17-11-21-16-7-10-24(2)19(16)23-17/h3,6-8,10-11,14H,4-5,9,12H2,1-2H3,(H,20,22). The zero-order chi connectivity index (χ0) is 18.1. The maximum absolute atomic E-state index is 11.7. The zero-order valence-electron chi connectivity index (χ0n) is 15.0. The molecule has 7 nitrogen and oxygen atoms in total.